The zero-order valence-electron chi connectivity index (χ0n) is 8.47. The van der Waals surface area contributed by atoms with Gasteiger partial charge in [-0.1, -0.05) is 24.9 Å². The predicted molar refractivity (Wildman–Crippen MR) is 51.9 cm³/mol. The van der Waals surface area contributed by atoms with Gasteiger partial charge in [0.1, 0.15) is 16.8 Å². The standard InChI is InChI=1S/C9H9ClF3N3/c1-2-3-4-16-8(10)6(5-14)7(15-16)9(11,12)13/h2-4H2,1H3. The van der Waals surface area contributed by atoms with E-state index in [9.17, 15) is 13.2 Å². The third kappa shape index (κ3) is 2.47. The number of alkyl halides is 3. The summed E-state index contributed by atoms with van der Waals surface area (Å²) in [5.41, 5.74) is -1.82. The summed E-state index contributed by atoms with van der Waals surface area (Å²) in [6.45, 7) is 2.17. The van der Waals surface area contributed by atoms with Crippen molar-refractivity contribution in [2.24, 2.45) is 0 Å². The third-order valence-corrected chi connectivity index (χ3v) is 2.38. The highest BCUT2D eigenvalue weighted by Gasteiger charge is 2.39. The SMILES string of the molecule is CCCCn1nc(C(F)(F)F)c(C#N)c1Cl. The Hall–Kier alpha value is -1.22. The first kappa shape index (κ1) is 12.8. The molecule has 1 rings (SSSR count). The van der Waals surface area contributed by atoms with E-state index < -0.39 is 17.4 Å². The second-order valence-corrected chi connectivity index (χ2v) is 3.56. The van der Waals surface area contributed by atoms with Gasteiger partial charge in [0.05, 0.1) is 0 Å². The van der Waals surface area contributed by atoms with Crippen LogP contribution in [0.3, 0.4) is 0 Å². The zero-order valence-corrected chi connectivity index (χ0v) is 9.23. The highest BCUT2D eigenvalue weighted by atomic mass is 35.5. The molecule has 0 atom stereocenters. The molecule has 0 saturated heterocycles. The van der Waals surface area contributed by atoms with Crippen molar-refractivity contribution < 1.29 is 13.2 Å². The van der Waals surface area contributed by atoms with Crippen LogP contribution in [0.2, 0.25) is 5.15 Å². The van der Waals surface area contributed by atoms with E-state index in [1.165, 1.54) is 6.07 Å². The number of nitriles is 1. The van der Waals surface area contributed by atoms with Crippen LogP contribution < -0.4 is 0 Å². The summed E-state index contributed by atoms with van der Waals surface area (Å²) in [4.78, 5) is 0. The molecule has 0 N–H and O–H groups in total. The number of hydrogen-bond acceptors (Lipinski definition) is 2. The maximum atomic E-state index is 12.5. The van der Waals surface area contributed by atoms with Crippen molar-refractivity contribution in [3.63, 3.8) is 0 Å². The summed E-state index contributed by atoms with van der Waals surface area (Å²) in [5.74, 6) is 0. The number of hydrogen-bond donors (Lipinski definition) is 0. The molecule has 3 nitrogen and oxygen atoms in total. The number of aryl methyl sites for hydroxylation is 1. The minimum atomic E-state index is -4.65. The fraction of sp³-hybridized carbons (Fsp3) is 0.556. The van der Waals surface area contributed by atoms with Crippen molar-refractivity contribution in [1.29, 1.82) is 5.26 Å². The molecule has 0 aliphatic heterocycles. The van der Waals surface area contributed by atoms with Crippen LogP contribution in [0, 0.1) is 11.3 Å². The summed E-state index contributed by atoms with van der Waals surface area (Å²) >= 11 is 5.65. The number of nitrogens with zero attached hydrogens (tertiary/aromatic N) is 3. The van der Waals surface area contributed by atoms with Crippen molar-refractivity contribution in [2.45, 2.75) is 32.5 Å². The lowest BCUT2D eigenvalue weighted by Gasteiger charge is -2.01. The monoisotopic (exact) mass is 251 g/mol. The lowest BCUT2D eigenvalue weighted by Crippen LogP contribution is -2.09. The minimum absolute atomic E-state index is 0.247. The van der Waals surface area contributed by atoms with Gasteiger partial charge in [0.2, 0.25) is 0 Å². The smallest absolute Gasteiger partial charge is 0.252 e. The number of rotatable bonds is 3. The van der Waals surface area contributed by atoms with Crippen LogP contribution in [0.1, 0.15) is 31.0 Å². The van der Waals surface area contributed by atoms with Crippen molar-refractivity contribution >= 4 is 11.6 Å². The first-order chi connectivity index (χ1) is 7.41. The lowest BCUT2D eigenvalue weighted by molar-refractivity contribution is -0.141. The molecule has 0 radical (unpaired) electrons. The normalized spacial score (nSPS) is 11.5. The Balaban J connectivity index is 3.17. The van der Waals surface area contributed by atoms with Gasteiger partial charge < -0.3 is 0 Å². The van der Waals surface area contributed by atoms with Crippen LogP contribution in [0.25, 0.3) is 0 Å². The topological polar surface area (TPSA) is 41.6 Å². The Morgan fingerprint density at radius 1 is 1.50 bits per heavy atom. The van der Waals surface area contributed by atoms with E-state index in [2.05, 4.69) is 5.10 Å². The van der Waals surface area contributed by atoms with Gasteiger partial charge in [-0.15, -0.1) is 0 Å². The molecule has 7 heteroatoms. The van der Waals surface area contributed by atoms with Gasteiger partial charge in [0, 0.05) is 6.54 Å². The molecule has 0 spiro atoms. The van der Waals surface area contributed by atoms with Gasteiger partial charge in [0.25, 0.3) is 0 Å². The van der Waals surface area contributed by atoms with Crippen LogP contribution in [0.15, 0.2) is 0 Å². The summed E-state index contributed by atoms with van der Waals surface area (Å²) in [6, 6.07) is 1.43. The molecule has 1 aromatic rings. The maximum Gasteiger partial charge on any atom is 0.436 e. The highest BCUT2D eigenvalue weighted by Crippen LogP contribution is 2.33. The van der Waals surface area contributed by atoms with E-state index in [1.54, 1.807) is 0 Å². The third-order valence-electron chi connectivity index (χ3n) is 1.99. The average Bonchev–Trinajstić information content (AvgIpc) is 2.51. The van der Waals surface area contributed by atoms with Gasteiger partial charge in [-0.3, -0.25) is 4.68 Å². The van der Waals surface area contributed by atoms with E-state index in [-0.39, 0.29) is 11.7 Å². The number of unbranched alkanes of at least 4 members (excludes halogenated alkanes) is 1. The van der Waals surface area contributed by atoms with Crippen LogP contribution in [0.4, 0.5) is 13.2 Å². The fourth-order valence-corrected chi connectivity index (χ4v) is 1.45. The van der Waals surface area contributed by atoms with E-state index >= 15 is 0 Å². The largest absolute Gasteiger partial charge is 0.436 e. The highest BCUT2D eigenvalue weighted by molar-refractivity contribution is 6.30. The summed E-state index contributed by atoms with van der Waals surface area (Å²) < 4.78 is 38.4. The van der Waals surface area contributed by atoms with E-state index in [1.807, 2.05) is 6.92 Å². The maximum absolute atomic E-state index is 12.5. The lowest BCUT2D eigenvalue weighted by atomic mass is 10.2. The molecule has 0 bridgehead atoms. The van der Waals surface area contributed by atoms with Crippen LogP contribution in [0.5, 0.6) is 0 Å². The number of aromatic nitrogens is 2. The van der Waals surface area contributed by atoms with Gasteiger partial charge in [-0.2, -0.15) is 23.5 Å². The van der Waals surface area contributed by atoms with Gasteiger partial charge >= 0.3 is 6.18 Å². The summed E-state index contributed by atoms with van der Waals surface area (Å²) in [7, 11) is 0. The molecule has 1 heterocycles. The van der Waals surface area contributed by atoms with Gasteiger partial charge in [0.15, 0.2) is 5.69 Å². The average molecular weight is 252 g/mol. The van der Waals surface area contributed by atoms with Crippen LogP contribution >= 0.6 is 11.6 Å². The van der Waals surface area contributed by atoms with E-state index in [0.29, 0.717) is 6.42 Å². The quantitative estimate of drug-likeness (QED) is 0.828. The molecule has 0 unspecified atom stereocenters. The first-order valence-electron chi connectivity index (χ1n) is 4.65. The molecule has 88 valence electrons. The van der Waals surface area contributed by atoms with E-state index in [4.69, 9.17) is 16.9 Å². The van der Waals surface area contributed by atoms with Gasteiger partial charge in [-0.25, -0.2) is 0 Å². The Labute approximate surface area is 95.4 Å². The first-order valence-corrected chi connectivity index (χ1v) is 5.03. The Morgan fingerprint density at radius 2 is 2.12 bits per heavy atom. The summed E-state index contributed by atoms with van der Waals surface area (Å²) in [5, 5.41) is 11.7. The predicted octanol–water partition coefficient (Wildman–Crippen LogP) is 3.23. The Bertz CT molecular complexity index is 417. The zero-order chi connectivity index (χ0) is 12.3. The molecule has 0 aliphatic carbocycles. The second-order valence-electron chi connectivity index (χ2n) is 3.20. The van der Waals surface area contributed by atoms with Crippen molar-refractivity contribution in [3.8, 4) is 6.07 Å². The van der Waals surface area contributed by atoms with Crippen molar-refractivity contribution in [3.05, 3.63) is 16.4 Å². The van der Waals surface area contributed by atoms with E-state index in [0.717, 1.165) is 11.1 Å². The van der Waals surface area contributed by atoms with Crippen molar-refractivity contribution in [2.75, 3.05) is 0 Å². The van der Waals surface area contributed by atoms with Crippen molar-refractivity contribution in [1.82, 2.24) is 9.78 Å². The Kier molecular flexibility index (Phi) is 3.81. The van der Waals surface area contributed by atoms with Gasteiger partial charge in [-0.05, 0) is 6.42 Å². The molecule has 1 aromatic heterocycles. The molecule has 0 saturated carbocycles. The summed E-state index contributed by atoms with van der Waals surface area (Å²) in [6.07, 6.45) is -3.19. The molecular weight excluding hydrogens is 243 g/mol. The molecule has 0 fully saturated rings. The molecule has 16 heavy (non-hydrogen) atoms. The molecule has 0 aliphatic rings. The van der Waals surface area contributed by atoms with Crippen LogP contribution in [-0.2, 0) is 12.7 Å². The fourth-order valence-electron chi connectivity index (χ4n) is 1.19. The Morgan fingerprint density at radius 3 is 2.50 bits per heavy atom. The van der Waals surface area contributed by atoms with Crippen LogP contribution in [-0.4, -0.2) is 9.78 Å². The number of halogens is 4. The second kappa shape index (κ2) is 4.74. The molecule has 0 aromatic carbocycles. The minimum Gasteiger partial charge on any atom is -0.252 e. The molecule has 0 amide bonds. The molecular formula is C9H9ClF3N3.